The van der Waals surface area contributed by atoms with Gasteiger partial charge in [-0.05, 0) is 13.0 Å². The molecule has 0 saturated heterocycles. The summed E-state index contributed by atoms with van der Waals surface area (Å²) in [5.41, 5.74) is 0.438. The summed E-state index contributed by atoms with van der Waals surface area (Å²) in [7, 11) is 1.58. The van der Waals surface area contributed by atoms with Gasteiger partial charge in [-0.15, -0.1) is 0 Å². The molecule has 0 spiro atoms. The number of nitrogens with one attached hydrogen (secondary N) is 2. The molecule has 0 bridgehead atoms. The zero-order valence-electron chi connectivity index (χ0n) is 9.92. The van der Waals surface area contributed by atoms with Crippen molar-refractivity contribution in [2.75, 3.05) is 32.1 Å². The lowest BCUT2D eigenvalue weighted by Gasteiger charge is -2.07. The van der Waals surface area contributed by atoms with E-state index in [0.29, 0.717) is 29.6 Å². The van der Waals surface area contributed by atoms with Crippen molar-refractivity contribution in [2.24, 2.45) is 0 Å². The quantitative estimate of drug-likeness (QED) is 0.759. The molecule has 1 aromatic heterocycles. The normalized spacial score (nSPS) is 10.1. The number of carbonyl (C=O) groups is 1. The average Bonchev–Trinajstić information content (AvgIpc) is 2.32. The van der Waals surface area contributed by atoms with Gasteiger partial charge in [0.15, 0.2) is 0 Å². The first kappa shape index (κ1) is 13.7. The van der Waals surface area contributed by atoms with Crippen molar-refractivity contribution >= 4 is 23.3 Å². The molecule has 94 valence electrons. The van der Waals surface area contributed by atoms with Gasteiger partial charge in [0.1, 0.15) is 5.82 Å². The molecule has 1 rings (SSSR count). The van der Waals surface area contributed by atoms with Crippen molar-refractivity contribution in [3.05, 3.63) is 22.8 Å². The zero-order valence-corrected chi connectivity index (χ0v) is 10.7. The second kappa shape index (κ2) is 7.09. The van der Waals surface area contributed by atoms with E-state index in [4.69, 9.17) is 16.3 Å². The molecule has 2 N–H and O–H groups in total. The molecule has 0 radical (unpaired) electrons. The van der Waals surface area contributed by atoms with Gasteiger partial charge in [-0.3, -0.25) is 4.79 Å². The minimum Gasteiger partial charge on any atom is -0.383 e. The number of carbonyl (C=O) groups excluding carboxylic acids is 1. The van der Waals surface area contributed by atoms with Crippen LogP contribution in [0.3, 0.4) is 0 Å². The Hall–Kier alpha value is -1.33. The molecule has 1 aromatic rings. The molecule has 0 aliphatic carbocycles. The lowest BCUT2D eigenvalue weighted by Crippen LogP contribution is -2.27. The standard InChI is InChI=1S/C11H16ClN3O2/c1-3-13-10-9(12)6-8(7-15-10)11(16)14-4-5-17-2/h6-7H,3-5H2,1-2H3,(H,13,15)(H,14,16). The van der Waals surface area contributed by atoms with Crippen LogP contribution >= 0.6 is 11.6 Å². The van der Waals surface area contributed by atoms with Crippen LogP contribution in [0.4, 0.5) is 5.82 Å². The molecule has 1 heterocycles. The first-order chi connectivity index (χ1) is 8.19. The van der Waals surface area contributed by atoms with Gasteiger partial charge in [0, 0.05) is 26.4 Å². The summed E-state index contributed by atoms with van der Waals surface area (Å²) >= 11 is 5.98. The highest BCUT2D eigenvalue weighted by molar-refractivity contribution is 6.33. The van der Waals surface area contributed by atoms with E-state index >= 15 is 0 Å². The number of aromatic nitrogens is 1. The number of rotatable bonds is 6. The van der Waals surface area contributed by atoms with Gasteiger partial charge in [0.05, 0.1) is 17.2 Å². The third-order valence-corrected chi connectivity index (χ3v) is 2.33. The van der Waals surface area contributed by atoms with E-state index in [1.165, 1.54) is 6.20 Å². The molecular formula is C11H16ClN3O2. The highest BCUT2D eigenvalue weighted by Crippen LogP contribution is 2.19. The summed E-state index contributed by atoms with van der Waals surface area (Å²) in [6.07, 6.45) is 1.49. The van der Waals surface area contributed by atoms with Crippen LogP contribution in [0.15, 0.2) is 12.3 Å². The Labute approximate surface area is 106 Å². The maximum Gasteiger partial charge on any atom is 0.252 e. The lowest BCUT2D eigenvalue weighted by atomic mass is 10.2. The highest BCUT2D eigenvalue weighted by atomic mass is 35.5. The van der Waals surface area contributed by atoms with Crippen LogP contribution in [0.2, 0.25) is 5.02 Å². The van der Waals surface area contributed by atoms with E-state index in [9.17, 15) is 4.79 Å². The molecule has 0 unspecified atom stereocenters. The van der Waals surface area contributed by atoms with E-state index in [0.717, 1.165) is 6.54 Å². The largest absolute Gasteiger partial charge is 0.383 e. The van der Waals surface area contributed by atoms with Gasteiger partial charge in [-0.25, -0.2) is 4.98 Å². The molecule has 0 atom stereocenters. The smallest absolute Gasteiger partial charge is 0.252 e. The van der Waals surface area contributed by atoms with Crippen molar-refractivity contribution in [1.82, 2.24) is 10.3 Å². The molecule has 1 amide bonds. The Bertz CT molecular complexity index is 385. The van der Waals surface area contributed by atoms with E-state index in [1.54, 1.807) is 13.2 Å². The SMILES string of the molecule is CCNc1ncc(C(=O)NCCOC)cc1Cl. The minimum atomic E-state index is -0.209. The van der Waals surface area contributed by atoms with Crippen molar-refractivity contribution < 1.29 is 9.53 Å². The first-order valence-electron chi connectivity index (χ1n) is 5.35. The Balaban J connectivity index is 2.65. The van der Waals surface area contributed by atoms with E-state index < -0.39 is 0 Å². The van der Waals surface area contributed by atoms with Crippen LogP contribution in [0, 0.1) is 0 Å². The van der Waals surface area contributed by atoms with Crippen LogP contribution in [-0.4, -0.2) is 37.7 Å². The molecule has 0 aliphatic heterocycles. The number of pyridine rings is 1. The molecular weight excluding hydrogens is 242 g/mol. The summed E-state index contributed by atoms with van der Waals surface area (Å²) < 4.78 is 4.84. The maximum absolute atomic E-state index is 11.7. The molecule has 17 heavy (non-hydrogen) atoms. The van der Waals surface area contributed by atoms with Gasteiger partial charge in [-0.2, -0.15) is 0 Å². The van der Waals surface area contributed by atoms with Gasteiger partial charge in [0.2, 0.25) is 0 Å². The van der Waals surface area contributed by atoms with Crippen molar-refractivity contribution in [1.29, 1.82) is 0 Å². The minimum absolute atomic E-state index is 0.209. The van der Waals surface area contributed by atoms with E-state index in [-0.39, 0.29) is 5.91 Å². The van der Waals surface area contributed by atoms with Crippen LogP contribution in [0.1, 0.15) is 17.3 Å². The molecule has 5 nitrogen and oxygen atoms in total. The summed E-state index contributed by atoms with van der Waals surface area (Å²) in [4.78, 5) is 15.7. The number of anilines is 1. The molecule has 0 aromatic carbocycles. The summed E-state index contributed by atoms with van der Waals surface area (Å²) in [5.74, 6) is 0.377. The summed E-state index contributed by atoms with van der Waals surface area (Å²) in [5, 5.41) is 6.13. The Morgan fingerprint density at radius 3 is 2.94 bits per heavy atom. The molecule has 0 saturated carbocycles. The predicted molar refractivity (Wildman–Crippen MR) is 67.6 cm³/mol. The summed E-state index contributed by atoms with van der Waals surface area (Å²) in [6.45, 7) is 3.61. The maximum atomic E-state index is 11.7. The molecule has 0 aliphatic rings. The monoisotopic (exact) mass is 257 g/mol. The average molecular weight is 258 g/mol. The third kappa shape index (κ3) is 4.20. The second-order valence-electron chi connectivity index (χ2n) is 3.33. The number of hydrogen-bond donors (Lipinski definition) is 2. The summed E-state index contributed by atoms with van der Waals surface area (Å²) in [6, 6.07) is 1.59. The fourth-order valence-electron chi connectivity index (χ4n) is 1.23. The van der Waals surface area contributed by atoms with Gasteiger partial charge in [0.25, 0.3) is 5.91 Å². The van der Waals surface area contributed by atoms with Crippen LogP contribution in [0.5, 0.6) is 0 Å². The van der Waals surface area contributed by atoms with Crippen LogP contribution < -0.4 is 10.6 Å². The fraction of sp³-hybridized carbons (Fsp3) is 0.455. The highest BCUT2D eigenvalue weighted by Gasteiger charge is 2.08. The Morgan fingerprint density at radius 2 is 2.35 bits per heavy atom. The lowest BCUT2D eigenvalue weighted by molar-refractivity contribution is 0.0937. The molecule has 0 fully saturated rings. The van der Waals surface area contributed by atoms with E-state index in [1.807, 2.05) is 6.92 Å². The second-order valence-corrected chi connectivity index (χ2v) is 3.74. The Kier molecular flexibility index (Phi) is 5.72. The fourth-order valence-corrected chi connectivity index (χ4v) is 1.46. The zero-order chi connectivity index (χ0) is 12.7. The topological polar surface area (TPSA) is 63.2 Å². The number of nitrogens with zero attached hydrogens (tertiary/aromatic N) is 1. The predicted octanol–water partition coefficient (Wildman–Crippen LogP) is 1.54. The van der Waals surface area contributed by atoms with Gasteiger partial charge < -0.3 is 15.4 Å². The number of amides is 1. The van der Waals surface area contributed by atoms with Gasteiger partial charge >= 0.3 is 0 Å². The van der Waals surface area contributed by atoms with Crippen molar-refractivity contribution in [3.63, 3.8) is 0 Å². The van der Waals surface area contributed by atoms with Crippen molar-refractivity contribution in [3.8, 4) is 0 Å². The number of methoxy groups -OCH3 is 1. The number of halogens is 1. The van der Waals surface area contributed by atoms with Crippen LogP contribution in [-0.2, 0) is 4.74 Å². The number of hydrogen-bond acceptors (Lipinski definition) is 4. The third-order valence-electron chi connectivity index (χ3n) is 2.04. The van der Waals surface area contributed by atoms with E-state index in [2.05, 4.69) is 15.6 Å². The number of ether oxygens (including phenoxy) is 1. The van der Waals surface area contributed by atoms with Crippen LogP contribution in [0.25, 0.3) is 0 Å². The van der Waals surface area contributed by atoms with Gasteiger partial charge in [-0.1, -0.05) is 11.6 Å². The Morgan fingerprint density at radius 1 is 1.59 bits per heavy atom. The molecule has 6 heteroatoms. The first-order valence-corrected chi connectivity index (χ1v) is 5.73. The van der Waals surface area contributed by atoms with Crippen molar-refractivity contribution in [2.45, 2.75) is 6.92 Å².